The molecule has 0 saturated heterocycles. The van der Waals surface area contributed by atoms with Crippen LogP contribution in [0.4, 0.5) is 0 Å². The molecule has 0 amide bonds. The number of ether oxygens (including phenoxy) is 1. The second-order valence-corrected chi connectivity index (χ2v) is 5.06. The van der Waals surface area contributed by atoms with Gasteiger partial charge in [0, 0.05) is 5.41 Å². The minimum absolute atomic E-state index is 0.0561. The zero-order valence-electron chi connectivity index (χ0n) is 10.9. The van der Waals surface area contributed by atoms with Crippen LogP contribution in [0.15, 0.2) is 35.3 Å². The lowest BCUT2D eigenvalue weighted by Crippen LogP contribution is -2.29. The topological polar surface area (TPSA) is 47.6 Å². The van der Waals surface area contributed by atoms with E-state index in [-0.39, 0.29) is 5.41 Å². The van der Waals surface area contributed by atoms with E-state index in [9.17, 15) is 0 Å². The Kier molecular flexibility index (Phi) is 5.16. The van der Waals surface area contributed by atoms with Crippen LogP contribution in [0.25, 0.3) is 0 Å². The molecule has 0 aliphatic heterocycles. The third-order valence-electron chi connectivity index (χ3n) is 2.40. The van der Waals surface area contributed by atoms with Crippen LogP contribution in [-0.4, -0.2) is 19.0 Å². The van der Waals surface area contributed by atoms with Gasteiger partial charge in [-0.05, 0) is 5.56 Å². The first-order chi connectivity index (χ1) is 8.00. The summed E-state index contributed by atoms with van der Waals surface area (Å²) in [6.45, 7) is 8.01. The van der Waals surface area contributed by atoms with Gasteiger partial charge in [-0.1, -0.05) is 51.1 Å². The predicted octanol–water partition coefficient (Wildman–Crippen LogP) is 2.61. The summed E-state index contributed by atoms with van der Waals surface area (Å²) in [7, 11) is 0. The van der Waals surface area contributed by atoms with Crippen LogP contribution in [0.2, 0.25) is 0 Å². The predicted molar refractivity (Wildman–Crippen MR) is 72.0 cm³/mol. The highest BCUT2D eigenvalue weighted by molar-refractivity contribution is 5.85. The Morgan fingerprint density at radius 1 is 1.24 bits per heavy atom. The molecule has 17 heavy (non-hydrogen) atoms. The molecule has 0 spiro atoms. The van der Waals surface area contributed by atoms with E-state index in [4.69, 9.17) is 10.5 Å². The van der Waals surface area contributed by atoms with Gasteiger partial charge in [0.1, 0.15) is 0 Å². The van der Waals surface area contributed by atoms with E-state index in [1.54, 1.807) is 0 Å². The third kappa shape index (κ3) is 5.50. The summed E-state index contributed by atoms with van der Waals surface area (Å²) in [5.41, 5.74) is 6.96. The summed E-state index contributed by atoms with van der Waals surface area (Å²) in [6, 6.07) is 10.1. The van der Waals surface area contributed by atoms with Gasteiger partial charge < -0.3 is 10.5 Å². The highest BCUT2D eigenvalue weighted by Gasteiger charge is 2.14. The largest absolute Gasteiger partial charge is 0.387 e. The molecule has 94 valence electrons. The third-order valence-corrected chi connectivity index (χ3v) is 2.40. The summed E-state index contributed by atoms with van der Waals surface area (Å²) in [6.07, 6.45) is 0. The number of aliphatic imine (C=N–C) groups is 1. The number of nitrogens with zero attached hydrogens (tertiary/aromatic N) is 1. The van der Waals surface area contributed by atoms with Crippen molar-refractivity contribution in [1.82, 2.24) is 0 Å². The van der Waals surface area contributed by atoms with Crippen molar-refractivity contribution >= 4 is 5.84 Å². The van der Waals surface area contributed by atoms with E-state index in [1.807, 2.05) is 30.3 Å². The molecule has 0 fully saturated rings. The van der Waals surface area contributed by atoms with Gasteiger partial charge in [-0.2, -0.15) is 0 Å². The van der Waals surface area contributed by atoms with Crippen molar-refractivity contribution in [2.45, 2.75) is 27.4 Å². The quantitative estimate of drug-likeness (QED) is 0.483. The van der Waals surface area contributed by atoms with Crippen molar-refractivity contribution in [3.8, 4) is 0 Å². The van der Waals surface area contributed by atoms with Crippen LogP contribution in [0.1, 0.15) is 26.3 Å². The fraction of sp³-hybridized carbons (Fsp3) is 0.500. The lowest BCUT2D eigenvalue weighted by molar-refractivity contribution is 0.128. The molecular weight excluding hydrogens is 212 g/mol. The molecule has 3 nitrogen and oxygen atoms in total. The molecule has 0 saturated carbocycles. The van der Waals surface area contributed by atoms with Gasteiger partial charge in [0.25, 0.3) is 0 Å². The maximum atomic E-state index is 5.84. The Morgan fingerprint density at radius 3 is 2.47 bits per heavy atom. The Bertz CT molecular complexity index is 352. The van der Waals surface area contributed by atoms with E-state index in [2.05, 4.69) is 25.8 Å². The SMILES string of the molecule is CC(C)(C)C(N)=NCCOCc1ccccc1. The standard InChI is InChI=1S/C14H22N2O/c1-14(2,3)13(15)16-9-10-17-11-12-7-5-4-6-8-12/h4-8H,9-11H2,1-3H3,(H2,15,16). The number of benzene rings is 1. The molecule has 0 aromatic heterocycles. The van der Waals surface area contributed by atoms with E-state index < -0.39 is 0 Å². The van der Waals surface area contributed by atoms with Gasteiger partial charge in [-0.3, -0.25) is 4.99 Å². The second-order valence-electron chi connectivity index (χ2n) is 5.06. The maximum absolute atomic E-state index is 5.84. The van der Waals surface area contributed by atoms with Crippen LogP contribution in [0, 0.1) is 5.41 Å². The lowest BCUT2D eigenvalue weighted by atomic mass is 9.95. The van der Waals surface area contributed by atoms with Crippen molar-refractivity contribution in [2.24, 2.45) is 16.1 Å². The van der Waals surface area contributed by atoms with Crippen LogP contribution in [-0.2, 0) is 11.3 Å². The van der Waals surface area contributed by atoms with E-state index in [0.717, 1.165) is 0 Å². The molecular formula is C14H22N2O. The Labute approximate surface area is 104 Å². The van der Waals surface area contributed by atoms with Crippen LogP contribution < -0.4 is 5.73 Å². The molecule has 1 aromatic rings. The van der Waals surface area contributed by atoms with Gasteiger partial charge in [0.2, 0.25) is 0 Å². The molecule has 1 rings (SSSR count). The summed E-state index contributed by atoms with van der Waals surface area (Å²) >= 11 is 0. The van der Waals surface area contributed by atoms with Crippen molar-refractivity contribution in [2.75, 3.05) is 13.2 Å². The molecule has 1 aromatic carbocycles. The summed E-state index contributed by atoms with van der Waals surface area (Å²) in [5.74, 6) is 0.681. The van der Waals surface area contributed by atoms with Crippen LogP contribution in [0.3, 0.4) is 0 Å². The minimum Gasteiger partial charge on any atom is -0.387 e. The summed E-state index contributed by atoms with van der Waals surface area (Å²) in [4.78, 5) is 4.30. The second kappa shape index (κ2) is 6.40. The first-order valence-electron chi connectivity index (χ1n) is 5.92. The van der Waals surface area contributed by atoms with Crippen molar-refractivity contribution < 1.29 is 4.74 Å². The number of hydrogen-bond acceptors (Lipinski definition) is 2. The number of amidine groups is 1. The Balaban J connectivity index is 2.22. The van der Waals surface area contributed by atoms with E-state index in [1.165, 1.54) is 5.56 Å². The first kappa shape index (κ1) is 13.7. The average molecular weight is 234 g/mol. The molecule has 0 atom stereocenters. The fourth-order valence-corrected chi connectivity index (χ4v) is 1.23. The monoisotopic (exact) mass is 234 g/mol. The summed E-state index contributed by atoms with van der Waals surface area (Å²) in [5, 5.41) is 0. The zero-order chi connectivity index (χ0) is 12.7. The number of hydrogen-bond donors (Lipinski definition) is 1. The first-order valence-corrected chi connectivity index (χ1v) is 5.92. The molecule has 3 heteroatoms. The van der Waals surface area contributed by atoms with Gasteiger partial charge in [-0.25, -0.2) is 0 Å². The summed E-state index contributed by atoms with van der Waals surface area (Å²) < 4.78 is 5.52. The molecule has 0 aliphatic carbocycles. The fourth-order valence-electron chi connectivity index (χ4n) is 1.23. The molecule has 0 bridgehead atoms. The van der Waals surface area contributed by atoms with Gasteiger partial charge >= 0.3 is 0 Å². The molecule has 0 unspecified atom stereocenters. The van der Waals surface area contributed by atoms with Crippen LogP contribution in [0.5, 0.6) is 0 Å². The van der Waals surface area contributed by atoms with Crippen molar-refractivity contribution in [3.05, 3.63) is 35.9 Å². The van der Waals surface area contributed by atoms with Crippen LogP contribution >= 0.6 is 0 Å². The normalized spacial score (nSPS) is 12.8. The van der Waals surface area contributed by atoms with Crippen molar-refractivity contribution in [1.29, 1.82) is 0 Å². The molecule has 0 heterocycles. The zero-order valence-corrected chi connectivity index (χ0v) is 10.9. The maximum Gasteiger partial charge on any atom is 0.0992 e. The lowest BCUT2D eigenvalue weighted by Gasteiger charge is -2.17. The Morgan fingerprint density at radius 2 is 1.88 bits per heavy atom. The number of nitrogens with two attached hydrogens (primary N) is 1. The van der Waals surface area contributed by atoms with E-state index in [0.29, 0.717) is 25.6 Å². The molecule has 0 radical (unpaired) electrons. The van der Waals surface area contributed by atoms with Gasteiger partial charge in [0.15, 0.2) is 0 Å². The smallest absolute Gasteiger partial charge is 0.0992 e. The molecule has 0 aliphatic rings. The minimum atomic E-state index is -0.0561. The highest BCUT2D eigenvalue weighted by atomic mass is 16.5. The van der Waals surface area contributed by atoms with Gasteiger partial charge in [0.05, 0.1) is 25.6 Å². The Hall–Kier alpha value is -1.35. The average Bonchev–Trinajstić information content (AvgIpc) is 2.28. The molecule has 2 N–H and O–H groups in total. The van der Waals surface area contributed by atoms with Crippen molar-refractivity contribution in [3.63, 3.8) is 0 Å². The van der Waals surface area contributed by atoms with E-state index >= 15 is 0 Å². The number of rotatable bonds is 5. The highest BCUT2D eigenvalue weighted by Crippen LogP contribution is 2.12. The van der Waals surface area contributed by atoms with Gasteiger partial charge in [-0.15, -0.1) is 0 Å².